The molecule has 1 amide bonds. The lowest BCUT2D eigenvalue weighted by atomic mass is 9.60. The van der Waals surface area contributed by atoms with Crippen LogP contribution in [0.5, 0.6) is 0 Å². The number of nitrogens with zero attached hydrogens (tertiary/aromatic N) is 5. The topological polar surface area (TPSA) is 128 Å². The summed E-state index contributed by atoms with van der Waals surface area (Å²) in [6.07, 6.45) is 7.63. The molecule has 0 radical (unpaired) electrons. The number of aromatic nitrogens is 3. The molecule has 3 aromatic heterocycles. The van der Waals surface area contributed by atoms with E-state index in [1.54, 1.807) is 10.6 Å². The van der Waals surface area contributed by atoms with Crippen LogP contribution in [0.15, 0.2) is 36.7 Å². The van der Waals surface area contributed by atoms with Crippen LogP contribution in [0.25, 0.3) is 16.9 Å². The van der Waals surface area contributed by atoms with Gasteiger partial charge >= 0.3 is 0 Å². The van der Waals surface area contributed by atoms with E-state index in [9.17, 15) is 19.6 Å². The molecule has 3 saturated carbocycles. The molecule has 3 aromatic rings. The standard InChI is InChI=1S/C31H38FN7O3/c1-29(2,41)27(32)20-35-28(40)23-19-34-25(26-4-3-22-15-21(17-33)18-36-39(22)26)16-24(23)37-30-5-8-31(9-6-30,10-7-30)38-11-13-42-14-12-38/h3-4,15-16,18-19,27,41H,5-14,20H2,1-2H3,(H,34,37)(H,35,40). The second-order valence-corrected chi connectivity index (χ2v) is 12.6. The number of anilines is 1. The van der Waals surface area contributed by atoms with E-state index in [2.05, 4.69) is 31.7 Å². The first-order valence-corrected chi connectivity index (χ1v) is 14.8. The van der Waals surface area contributed by atoms with Gasteiger partial charge in [-0.3, -0.25) is 14.7 Å². The van der Waals surface area contributed by atoms with Gasteiger partial charge in [-0.1, -0.05) is 0 Å². The van der Waals surface area contributed by atoms with Crippen molar-refractivity contribution in [3.05, 3.63) is 47.8 Å². The first-order chi connectivity index (χ1) is 20.1. The fourth-order valence-electron chi connectivity index (χ4n) is 6.81. The number of rotatable bonds is 8. The Bertz CT molecular complexity index is 1490. The zero-order chi connectivity index (χ0) is 29.5. The van der Waals surface area contributed by atoms with E-state index in [0.29, 0.717) is 22.5 Å². The molecule has 7 rings (SSSR count). The number of amides is 1. The normalized spacial score (nSPS) is 25.2. The highest BCUT2D eigenvalue weighted by atomic mass is 19.1. The fourth-order valence-corrected chi connectivity index (χ4v) is 6.81. The number of hydrogen-bond donors (Lipinski definition) is 3. The lowest BCUT2D eigenvalue weighted by Gasteiger charge is -2.58. The van der Waals surface area contributed by atoms with Crippen LogP contribution in [0.3, 0.4) is 0 Å². The van der Waals surface area contributed by atoms with E-state index in [0.717, 1.165) is 76.0 Å². The van der Waals surface area contributed by atoms with Crippen LogP contribution < -0.4 is 10.6 Å². The third kappa shape index (κ3) is 5.35. The number of morpholine rings is 1. The number of carbonyl (C=O) groups is 1. The van der Waals surface area contributed by atoms with Crippen molar-refractivity contribution in [2.45, 2.75) is 75.2 Å². The number of ether oxygens (including phenoxy) is 1. The van der Waals surface area contributed by atoms with E-state index in [4.69, 9.17) is 4.74 Å². The van der Waals surface area contributed by atoms with Gasteiger partial charge in [-0.05, 0) is 76.6 Å². The van der Waals surface area contributed by atoms with Crippen LogP contribution >= 0.6 is 0 Å². The molecule has 4 fully saturated rings. The second-order valence-electron chi connectivity index (χ2n) is 12.6. The van der Waals surface area contributed by atoms with E-state index in [1.165, 1.54) is 26.2 Å². The number of aliphatic hydroxyl groups is 1. The summed E-state index contributed by atoms with van der Waals surface area (Å²) in [5, 5.41) is 30.1. The van der Waals surface area contributed by atoms with Crippen LogP contribution in [0.2, 0.25) is 0 Å². The Morgan fingerprint density at radius 3 is 2.55 bits per heavy atom. The summed E-state index contributed by atoms with van der Waals surface area (Å²) in [6, 6.07) is 9.51. The van der Waals surface area contributed by atoms with Gasteiger partial charge in [-0.15, -0.1) is 0 Å². The van der Waals surface area contributed by atoms with Gasteiger partial charge in [0.05, 0.1) is 65.3 Å². The van der Waals surface area contributed by atoms with Crippen LogP contribution in [-0.4, -0.2) is 86.2 Å². The van der Waals surface area contributed by atoms with Gasteiger partial charge in [0.1, 0.15) is 12.2 Å². The first-order valence-electron chi connectivity index (χ1n) is 14.8. The van der Waals surface area contributed by atoms with Crippen molar-refractivity contribution in [1.82, 2.24) is 24.8 Å². The predicted octanol–water partition coefficient (Wildman–Crippen LogP) is 3.70. The summed E-state index contributed by atoms with van der Waals surface area (Å²) < 4.78 is 21.8. The number of nitriles is 1. The molecule has 2 bridgehead atoms. The lowest BCUT2D eigenvalue weighted by molar-refractivity contribution is -0.0689. The minimum Gasteiger partial charge on any atom is -0.387 e. The van der Waals surface area contributed by atoms with E-state index < -0.39 is 17.7 Å². The van der Waals surface area contributed by atoms with Crippen molar-refractivity contribution in [1.29, 1.82) is 5.26 Å². The molecule has 4 aliphatic rings. The molecule has 1 saturated heterocycles. The van der Waals surface area contributed by atoms with Crippen molar-refractivity contribution in [3.63, 3.8) is 0 Å². The Kier molecular flexibility index (Phi) is 7.41. The van der Waals surface area contributed by atoms with Gasteiger partial charge in [0, 0.05) is 30.4 Å². The molecule has 10 nitrogen and oxygen atoms in total. The minimum absolute atomic E-state index is 0.154. The summed E-state index contributed by atoms with van der Waals surface area (Å²) >= 11 is 0. The molecule has 3 N–H and O–H groups in total. The summed E-state index contributed by atoms with van der Waals surface area (Å²) in [4.78, 5) is 20.6. The molecular weight excluding hydrogens is 537 g/mol. The second kappa shape index (κ2) is 10.9. The van der Waals surface area contributed by atoms with E-state index in [1.807, 2.05) is 18.2 Å². The number of fused-ring (bicyclic) bond motifs is 4. The lowest BCUT2D eigenvalue weighted by Crippen LogP contribution is -2.62. The molecule has 1 aliphatic heterocycles. The molecule has 11 heteroatoms. The summed E-state index contributed by atoms with van der Waals surface area (Å²) in [6.45, 7) is 5.98. The maximum absolute atomic E-state index is 14.5. The minimum atomic E-state index is -1.62. The van der Waals surface area contributed by atoms with Gasteiger partial charge in [0.15, 0.2) is 0 Å². The van der Waals surface area contributed by atoms with Crippen LogP contribution in [0, 0.1) is 11.3 Å². The highest BCUT2D eigenvalue weighted by Gasteiger charge is 2.51. The van der Waals surface area contributed by atoms with Gasteiger partial charge in [-0.25, -0.2) is 8.91 Å². The van der Waals surface area contributed by atoms with Crippen molar-refractivity contribution in [3.8, 4) is 17.5 Å². The number of pyridine rings is 1. The highest BCUT2D eigenvalue weighted by Crippen LogP contribution is 2.51. The number of hydrogen-bond acceptors (Lipinski definition) is 8. The Balaban J connectivity index is 1.29. The zero-order valence-electron chi connectivity index (χ0n) is 24.2. The van der Waals surface area contributed by atoms with Crippen LogP contribution in [0.4, 0.5) is 10.1 Å². The van der Waals surface area contributed by atoms with Crippen LogP contribution in [-0.2, 0) is 4.74 Å². The van der Waals surface area contributed by atoms with Crippen LogP contribution in [0.1, 0.15) is 68.3 Å². The fraction of sp³-hybridized carbons (Fsp3) is 0.548. The summed E-state index contributed by atoms with van der Waals surface area (Å²) in [5.41, 5.74) is 2.05. The Hall–Kier alpha value is -3.59. The molecule has 222 valence electrons. The molecule has 0 aromatic carbocycles. The van der Waals surface area contributed by atoms with Crippen molar-refractivity contribution < 1.29 is 19.0 Å². The maximum atomic E-state index is 14.5. The molecule has 3 aliphatic carbocycles. The van der Waals surface area contributed by atoms with Gasteiger partial charge in [0.25, 0.3) is 5.91 Å². The Morgan fingerprint density at radius 2 is 1.88 bits per heavy atom. The number of carbonyl (C=O) groups excluding carboxylic acids is 1. The first kappa shape index (κ1) is 28.5. The molecular formula is C31H38FN7O3. The quantitative estimate of drug-likeness (QED) is 0.371. The molecule has 4 heterocycles. The van der Waals surface area contributed by atoms with Gasteiger partial charge in [-0.2, -0.15) is 10.4 Å². The third-order valence-electron chi connectivity index (χ3n) is 9.54. The van der Waals surface area contributed by atoms with E-state index >= 15 is 0 Å². The van der Waals surface area contributed by atoms with Crippen molar-refractivity contribution in [2.24, 2.45) is 0 Å². The zero-order valence-corrected chi connectivity index (χ0v) is 24.2. The molecule has 42 heavy (non-hydrogen) atoms. The monoisotopic (exact) mass is 575 g/mol. The average molecular weight is 576 g/mol. The molecule has 0 spiro atoms. The highest BCUT2D eigenvalue weighted by molar-refractivity contribution is 6.00. The largest absolute Gasteiger partial charge is 0.387 e. The summed E-state index contributed by atoms with van der Waals surface area (Å²) in [5.74, 6) is -0.453. The maximum Gasteiger partial charge on any atom is 0.255 e. The van der Waals surface area contributed by atoms with Crippen molar-refractivity contribution in [2.75, 3.05) is 38.2 Å². The SMILES string of the molecule is CC(C)(O)C(F)CNC(=O)c1cnc(-c2ccc3cc(C#N)cnn23)cc1NC12CCC(N3CCOCC3)(CC1)CC2. The Labute approximate surface area is 244 Å². The number of halogens is 1. The Morgan fingerprint density at radius 1 is 1.17 bits per heavy atom. The number of alkyl halides is 1. The van der Waals surface area contributed by atoms with Gasteiger partial charge in [0.2, 0.25) is 0 Å². The number of nitrogens with one attached hydrogen (secondary N) is 2. The average Bonchev–Trinajstić information content (AvgIpc) is 3.43. The van der Waals surface area contributed by atoms with Gasteiger partial charge < -0.3 is 20.5 Å². The third-order valence-corrected chi connectivity index (χ3v) is 9.54. The van der Waals surface area contributed by atoms with E-state index in [-0.39, 0.29) is 17.6 Å². The summed E-state index contributed by atoms with van der Waals surface area (Å²) in [7, 11) is 0. The van der Waals surface area contributed by atoms with Crippen molar-refractivity contribution >= 4 is 17.1 Å². The smallest absolute Gasteiger partial charge is 0.255 e. The predicted molar refractivity (Wildman–Crippen MR) is 156 cm³/mol. The molecule has 1 unspecified atom stereocenters. The molecule has 1 atom stereocenters.